The van der Waals surface area contributed by atoms with Gasteiger partial charge in [0.15, 0.2) is 0 Å². The standard InChI is InChI=1S/C15H9ClFN3OS/c16-10-7-9(4-5-11(10)17)19-14(21)13-8-22-15(20-13)12-3-1-2-6-18-12/h1-8H,(H,19,21). The van der Waals surface area contributed by atoms with Crippen molar-refractivity contribution in [2.75, 3.05) is 5.32 Å². The third-order valence-corrected chi connectivity index (χ3v) is 3.95. The van der Waals surface area contributed by atoms with Crippen LogP contribution in [0.3, 0.4) is 0 Å². The Labute approximate surface area is 134 Å². The van der Waals surface area contributed by atoms with Crippen molar-refractivity contribution in [3.8, 4) is 10.7 Å². The number of benzene rings is 1. The Morgan fingerprint density at radius 1 is 1.27 bits per heavy atom. The van der Waals surface area contributed by atoms with E-state index in [9.17, 15) is 9.18 Å². The summed E-state index contributed by atoms with van der Waals surface area (Å²) in [6.45, 7) is 0. The minimum atomic E-state index is -0.536. The Balaban J connectivity index is 1.78. The van der Waals surface area contributed by atoms with E-state index in [1.54, 1.807) is 11.6 Å². The van der Waals surface area contributed by atoms with Crippen LogP contribution in [0.1, 0.15) is 10.5 Å². The van der Waals surface area contributed by atoms with E-state index in [2.05, 4.69) is 15.3 Å². The number of nitrogens with one attached hydrogen (secondary N) is 1. The number of anilines is 1. The van der Waals surface area contributed by atoms with Gasteiger partial charge >= 0.3 is 0 Å². The van der Waals surface area contributed by atoms with E-state index in [1.165, 1.54) is 29.5 Å². The van der Waals surface area contributed by atoms with Crippen molar-refractivity contribution in [3.05, 3.63) is 64.5 Å². The number of carbonyl (C=O) groups is 1. The third kappa shape index (κ3) is 3.13. The van der Waals surface area contributed by atoms with Gasteiger partial charge < -0.3 is 5.32 Å². The lowest BCUT2D eigenvalue weighted by atomic mass is 10.3. The maximum atomic E-state index is 13.1. The fourth-order valence-electron chi connectivity index (χ4n) is 1.75. The monoisotopic (exact) mass is 333 g/mol. The molecule has 0 radical (unpaired) electrons. The van der Waals surface area contributed by atoms with Gasteiger partial charge in [0, 0.05) is 17.3 Å². The lowest BCUT2D eigenvalue weighted by molar-refractivity contribution is 0.102. The maximum absolute atomic E-state index is 13.1. The number of pyridine rings is 1. The van der Waals surface area contributed by atoms with Crippen LogP contribution in [0, 0.1) is 5.82 Å². The predicted molar refractivity (Wildman–Crippen MR) is 84.7 cm³/mol. The van der Waals surface area contributed by atoms with Gasteiger partial charge in [-0.3, -0.25) is 9.78 Å². The Hall–Kier alpha value is -2.31. The number of hydrogen-bond acceptors (Lipinski definition) is 4. The topological polar surface area (TPSA) is 54.9 Å². The van der Waals surface area contributed by atoms with Gasteiger partial charge in [-0.1, -0.05) is 17.7 Å². The molecule has 1 N–H and O–H groups in total. The van der Waals surface area contributed by atoms with Gasteiger partial charge in [0.05, 0.1) is 10.7 Å². The number of rotatable bonds is 3. The Bertz CT molecular complexity index is 823. The van der Waals surface area contributed by atoms with Crippen molar-refractivity contribution < 1.29 is 9.18 Å². The summed E-state index contributed by atoms with van der Waals surface area (Å²) in [6, 6.07) is 9.46. The first-order valence-corrected chi connectivity index (χ1v) is 7.52. The molecule has 1 aromatic carbocycles. The van der Waals surface area contributed by atoms with Gasteiger partial charge in [0.25, 0.3) is 5.91 Å². The Kier molecular flexibility index (Phi) is 4.13. The first-order valence-electron chi connectivity index (χ1n) is 6.27. The number of amides is 1. The smallest absolute Gasteiger partial charge is 0.275 e. The Morgan fingerprint density at radius 3 is 2.86 bits per heavy atom. The van der Waals surface area contributed by atoms with Crippen molar-refractivity contribution in [1.29, 1.82) is 0 Å². The van der Waals surface area contributed by atoms with Crippen LogP contribution in [-0.2, 0) is 0 Å². The van der Waals surface area contributed by atoms with Crippen molar-refractivity contribution in [2.45, 2.75) is 0 Å². The highest BCUT2D eigenvalue weighted by Crippen LogP contribution is 2.23. The normalized spacial score (nSPS) is 10.5. The summed E-state index contributed by atoms with van der Waals surface area (Å²) in [7, 11) is 0. The molecule has 7 heteroatoms. The molecule has 0 unspecified atom stereocenters. The highest BCUT2D eigenvalue weighted by molar-refractivity contribution is 7.13. The molecular weight excluding hydrogens is 325 g/mol. The molecule has 3 rings (SSSR count). The SMILES string of the molecule is O=C(Nc1ccc(F)c(Cl)c1)c1csc(-c2ccccn2)n1. The zero-order chi connectivity index (χ0) is 15.5. The lowest BCUT2D eigenvalue weighted by Gasteiger charge is -2.04. The number of aromatic nitrogens is 2. The number of halogens is 2. The molecule has 0 bridgehead atoms. The molecular formula is C15H9ClFN3OS. The lowest BCUT2D eigenvalue weighted by Crippen LogP contribution is -2.12. The molecule has 2 aromatic heterocycles. The van der Waals surface area contributed by atoms with Crippen molar-refractivity contribution in [1.82, 2.24) is 9.97 Å². The van der Waals surface area contributed by atoms with Crippen molar-refractivity contribution in [3.63, 3.8) is 0 Å². The molecule has 22 heavy (non-hydrogen) atoms. The first-order chi connectivity index (χ1) is 10.6. The summed E-state index contributed by atoms with van der Waals surface area (Å²) in [6.07, 6.45) is 1.66. The second-order valence-electron chi connectivity index (χ2n) is 4.34. The molecule has 1 amide bonds. The number of hydrogen-bond donors (Lipinski definition) is 1. The fraction of sp³-hybridized carbons (Fsp3) is 0. The molecule has 0 aliphatic carbocycles. The third-order valence-electron chi connectivity index (χ3n) is 2.80. The van der Waals surface area contributed by atoms with Crippen LogP contribution in [0.25, 0.3) is 10.7 Å². The van der Waals surface area contributed by atoms with Crippen molar-refractivity contribution in [2.24, 2.45) is 0 Å². The summed E-state index contributed by atoms with van der Waals surface area (Å²) < 4.78 is 13.1. The molecule has 0 aliphatic rings. The van der Waals surface area contributed by atoms with E-state index in [0.717, 1.165) is 0 Å². The van der Waals surface area contributed by atoms with Crippen LogP contribution in [0.4, 0.5) is 10.1 Å². The van der Waals surface area contributed by atoms with Crippen molar-refractivity contribution >= 4 is 34.5 Å². The van der Waals surface area contributed by atoms with Crippen LogP contribution in [0.5, 0.6) is 0 Å². The van der Waals surface area contributed by atoms with Crippen LogP contribution in [0.15, 0.2) is 48.0 Å². The predicted octanol–water partition coefficient (Wildman–Crippen LogP) is 4.25. The number of carbonyl (C=O) groups excluding carboxylic acids is 1. The van der Waals surface area contributed by atoms with Crippen LogP contribution < -0.4 is 5.32 Å². The molecule has 3 aromatic rings. The van der Waals surface area contributed by atoms with Crippen LogP contribution in [-0.4, -0.2) is 15.9 Å². The van der Waals surface area contributed by atoms with Crippen LogP contribution >= 0.6 is 22.9 Å². The average Bonchev–Trinajstić information content (AvgIpc) is 3.02. The van der Waals surface area contributed by atoms with Gasteiger partial charge in [-0.15, -0.1) is 11.3 Å². The summed E-state index contributed by atoms with van der Waals surface area (Å²) in [5.74, 6) is -0.924. The van der Waals surface area contributed by atoms with Gasteiger partial charge in [-0.25, -0.2) is 9.37 Å². The molecule has 0 spiro atoms. The van der Waals surface area contributed by atoms with Gasteiger partial charge in [-0.05, 0) is 30.3 Å². The van der Waals surface area contributed by atoms with E-state index in [4.69, 9.17) is 11.6 Å². The second-order valence-corrected chi connectivity index (χ2v) is 5.60. The van der Waals surface area contributed by atoms with Gasteiger partial charge in [-0.2, -0.15) is 0 Å². The summed E-state index contributed by atoms with van der Waals surface area (Å²) in [4.78, 5) is 20.6. The van der Waals surface area contributed by atoms with Gasteiger partial charge in [0.2, 0.25) is 0 Å². The quantitative estimate of drug-likeness (QED) is 0.779. The summed E-state index contributed by atoms with van der Waals surface area (Å²) in [5, 5.41) is 4.87. The largest absolute Gasteiger partial charge is 0.321 e. The molecule has 2 heterocycles. The maximum Gasteiger partial charge on any atom is 0.275 e. The Morgan fingerprint density at radius 2 is 2.14 bits per heavy atom. The minimum absolute atomic E-state index is 0.0507. The molecule has 0 aliphatic heterocycles. The molecule has 0 saturated carbocycles. The minimum Gasteiger partial charge on any atom is -0.321 e. The van der Waals surface area contributed by atoms with Gasteiger partial charge in [0.1, 0.15) is 16.5 Å². The molecule has 0 saturated heterocycles. The van der Waals surface area contributed by atoms with Crippen LogP contribution in [0.2, 0.25) is 5.02 Å². The zero-order valence-corrected chi connectivity index (χ0v) is 12.7. The number of thiazole rings is 1. The van der Waals surface area contributed by atoms with E-state index in [0.29, 0.717) is 16.4 Å². The second kappa shape index (κ2) is 6.21. The highest BCUT2D eigenvalue weighted by Gasteiger charge is 2.13. The van der Waals surface area contributed by atoms with E-state index in [1.807, 2.05) is 18.2 Å². The van der Waals surface area contributed by atoms with E-state index >= 15 is 0 Å². The highest BCUT2D eigenvalue weighted by atomic mass is 35.5. The molecule has 4 nitrogen and oxygen atoms in total. The van der Waals surface area contributed by atoms with E-state index in [-0.39, 0.29) is 16.6 Å². The average molecular weight is 334 g/mol. The summed E-state index contributed by atoms with van der Waals surface area (Å²) >= 11 is 7.01. The fourth-order valence-corrected chi connectivity index (χ4v) is 2.71. The summed E-state index contributed by atoms with van der Waals surface area (Å²) in [5.41, 5.74) is 1.38. The van der Waals surface area contributed by atoms with E-state index < -0.39 is 5.82 Å². The number of nitrogens with zero attached hydrogens (tertiary/aromatic N) is 2. The molecule has 0 fully saturated rings. The first kappa shape index (κ1) is 14.6. The molecule has 110 valence electrons. The molecule has 0 atom stereocenters. The zero-order valence-electron chi connectivity index (χ0n) is 11.1.